The number of carbonyl (C=O) groups excluding carboxylic acids is 5. The number of nitrogens with zero attached hydrogens (tertiary/aromatic N) is 2. The second kappa shape index (κ2) is 11.8. The zero-order valence-corrected chi connectivity index (χ0v) is 23.3. The molecule has 6 atom stereocenters. The maximum absolute atomic E-state index is 14.0. The minimum atomic E-state index is -4.83. The number of amides is 4. The molecule has 1 aromatic rings. The van der Waals surface area contributed by atoms with Gasteiger partial charge in [-0.3, -0.25) is 19.2 Å². The predicted molar refractivity (Wildman–Crippen MR) is 137 cm³/mol. The molecule has 3 heterocycles. The number of nitrogens with one attached hydrogen (secondary N) is 3. The van der Waals surface area contributed by atoms with E-state index < -0.39 is 64.8 Å². The summed E-state index contributed by atoms with van der Waals surface area (Å²) in [6.45, 7) is 5.89. The third kappa shape index (κ3) is 6.72. The van der Waals surface area contributed by atoms with Crippen molar-refractivity contribution in [2.75, 3.05) is 13.1 Å². The molecule has 4 amide bonds. The van der Waals surface area contributed by atoms with Crippen molar-refractivity contribution in [3.05, 3.63) is 17.5 Å². The second-order valence-corrected chi connectivity index (χ2v) is 12.3. The molecule has 2 saturated heterocycles. The minimum absolute atomic E-state index is 0.0507. The Hall–Kier alpha value is -3.45. The Labute approximate surface area is 235 Å². The number of likely N-dealkylation sites (tertiary alicyclic amines) is 1. The molecular formula is C27H36F3N5O6. The summed E-state index contributed by atoms with van der Waals surface area (Å²) in [6.07, 6.45) is -0.318. The molecule has 3 N–H and O–H groups in total. The van der Waals surface area contributed by atoms with Gasteiger partial charge in [0.2, 0.25) is 23.5 Å². The van der Waals surface area contributed by atoms with Gasteiger partial charge in [0.1, 0.15) is 18.4 Å². The van der Waals surface area contributed by atoms with E-state index in [9.17, 15) is 37.1 Å². The van der Waals surface area contributed by atoms with Gasteiger partial charge in [0.25, 0.3) is 5.91 Å². The Balaban J connectivity index is 1.52. The Bertz CT molecular complexity index is 1180. The summed E-state index contributed by atoms with van der Waals surface area (Å²) in [5, 5.41) is 11.2. The predicted octanol–water partition coefficient (Wildman–Crippen LogP) is 2.07. The molecule has 14 heteroatoms. The summed E-state index contributed by atoms with van der Waals surface area (Å²) >= 11 is 0. The van der Waals surface area contributed by atoms with Crippen LogP contribution >= 0.6 is 0 Å². The van der Waals surface area contributed by atoms with E-state index in [1.807, 2.05) is 0 Å². The van der Waals surface area contributed by atoms with Gasteiger partial charge < -0.3 is 30.2 Å². The number of hydrogen-bond acceptors (Lipinski definition) is 7. The Morgan fingerprint density at radius 2 is 1.90 bits per heavy atom. The van der Waals surface area contributed by atoms with Gasteiger partial charge in [0.05, 0.1) is 6.04 Å². The fourth-order valence-corrected chi connectivity index (χ4v) is 6.19. The molecule has 0 aromatic carbocycles. The summed E-state index contributed by atoms with van der Waals surface area (Å²) in [5.74, 6) is -4.20. The van der Waals surface area contributed by atoms with Crippen molar-refractivity contribution in [3.63, 3.8) is 0 Å². The van der Waals surface area contributed by atoms with E-state index in [4.69, 9.17) is 0 Å². The molecule has 0 spiro atoms. The normalized spacial score (nSPS) is 26.1. The molecule has 2 aliphatic heterocycles. The molecule has 0 unspecified atom stereocenters. The van der Waals surface area contributed by atoms with Gasteiger partial charge in [0, 0.05) is 25.1 Å². The van der Waals surface area contributed by atoms with Gasteiger partial charge in [-0.25, -0.2) is 0 Å². The van der Waals surface area contributed by atoms with Crippen molar-refractivity contribution in [1.82, 2.24) is 26.0 Å². The van der Waals surface area contributed by atoms with Crippen LogP contribution in [0.1, 0.15) is 75.5 Å². The maximum Gasteiger partial charge on any atom is 0.452 e. The minimum Gasteiger partial charge on any atom is -0.356 e. The number of hydrogen-bond donors (Lipinski definition) is 3. The quantitative estimate of drug-likeness (QED) is 0.397. The van der Waals surface area contributed by atoms with Gasteiger partial charge >= 0.3 is 6.18 Å². The summed E-state index contributed by atoms with van der Waals surface area (Å²) in [5.41, 5.74) is -1.52. The van der Waals surface area contributed by atoms with E-state index in [-0.39, 0.29) is 30.7 Å². The average molecular weight is 584 g/mol. The van der Waals surface area contributed by atoms with E-state index in [0.717, 1.165) is 19.3 Å². The van der Waals surface area contributed by atoms with Gasteiger partial charge in [-0.2, -0.15) is 13.2 Å². The average Bonchev–Trinajstić information content (AvgIpc) is 3.63. The van der Waals surface area contributed by atoms with Crippen molar-refractivity contribution in [2.24, 2.45) is 23.2 Å². The van der Waals surface area contributed by atoms with Crippen LogP contribution in [-0.4, -0.2) is 71.2 Å². The first-order valence-corrected chi connectivity index (χ1v) is 13.9. The number of alkyl halides is 3. The van der Waals surface area contributed by atoms with Crippen molar-refractivity contribution in [2.45, 2.75) is 83.6 Å². The highest BCUT2D eigenvalue weighted by atomic mass is 19.4. The molecule has 0 radical (unpaired) electrons. The van der Waals surface area contributed by atoms with E-state index in [0.29, 0.717) is 31.7 Å². The second-order valence-electron chi connectivity index (χ2n) is 12.3. The SMILES string of the molecule is CC(C)(C)[C@H](NC(=O)c1cc(C(F)(F)F)on1)C(=O)N1C[C@@H]2CCC[C@@H]2[C@H]1C(=O)N[C@H](C=O)C[C@@H]1CCCNC1=O. The number of carbonyl (C=O) groups is 5. The molecule has 11 nitrogen and oxygen atoms in total. The lowest BCUT2D eigenvalue weighted by Gasteiger charge is -2.36. The highest BCUT2D eigenvalue weighted by molar-refractivity contribution is 5.98. The fourth-order valence-electron chi connectivity index (χ4n) is 6.19. The van der Waals surface area contributed by atoms with Crippen LogP contribution in [0.3, 0.4) is 0 Å². The van der Waals surface area contributed by atoms with Crippen LogP contribution in [0.4, 0.5) is 13.2 Å². The van der Waals surface area contributed by atoms with Gasteiger partial charge in [-0.05, 0) is 49.4 Å². The third-order valence-corrected chi connectivity index (χ3v) is 8.28. The fraction of sp³-hybridized carbons (Fsp3) is 0.704. The molecule has 1 aromatic heterocycles. The number of piperidine rings is 1. The largest absolute Gasteiger partial charge is 0.452 e. The Morgan fingerprint density at radius 3 is 2.51 bits per heavy atom. The topological polar surface area (TPSA) is 151 Å². The van der Waals surface area contributed by atoms with Crippen molar-refractivity contribution >= 4 is 29.9 Å². The smallest absolute Gasteiger partial charge is 0.356 e. The third-order valence-electron chi connectivity index (χ3n) is 8.28. The lowest BCUT2D eigenvalue weighted by Crippen LogP contribution is -2.59. The first-order chi connectivity index (χ1) is 19.2. The first kappa shape index (κ1) is 30.5. The number of rotatable bonds is 8. The van der Waals surface area contributed by atoms with Crippen LogP contribution < -0.4 is 16.0 Å². The molecule has 0 bridgehead atoms. The molecule has 1 aliphatic carbocycles. The number of aromatic nitrogens is 1. The molecular weight excluding hydrogens is 547 g/mol. The molecule has 4 rings (SSSR count). The van der Waals surface area contributed by atoms with E-state index in [1.165, 1.54) is 4.90 Å². The van der Waals surface area contributed by atoms with Gasteiger partial charge in [0.15, 0.2) is 5.69 Å². The Kier molecular flexibility index (Phi) is 8.78. The van der Waals surface area contributed by atoms with Crippen LogP contribution in [0, 0.1) is 23.2 Å². The molecule has 3 aliphatic rings. The molecule has 226 valence electrons. The van der Waals surface area contributed by atoms with E-state index in [2.05, 4.69) is 25.6 Å². The first-order valence-electron chi connectivity index (χ1n) is 13.9. The number of aldehydes is 1. The van der Waals surface area contributed by atoms with Gasteiger partial charge in [-0.15, -0.1) is 0 Å². The zero-order chi connectivity index (χ0) is 30.1. The monoisotopic (exact) mass is 583 g/mol. The van der Waals surface area contributed by atoms with Crippen molar-refractivity contribution in [1.29, 1.82) is 0 Å². The summed E-state index contributed by atoms with van der Waals surface area (Å²) < 4.78 is 43.1. The highest BCUT2D eigenvalue weighted by Gasteiger charge is 2.52. The number of halogens is 3. The molecule has 1 saturated carbocycles. The van der Waals surface area contributed by atoms with Crippen LogP contribution in [-0.2, 0) is 25.4 Å². The summed E-state index contributed by atoms with van der Waals surface area (Å²) in [7, 11) is 0. The highest BCUT2D eigenvalue weighted by Crippen LogP contribution is 2.43. The van der Waals surface area contributed by atoms with Gasteiger partial charge in [-0.1, -0.05) is 32.3 Å². The summed E-state index contributed by atoms with van der Waals surface area (Å²) in [4.78, 5) is 65.9. The van der Waals surface area contributed by atoms with Crippen LogP contribution in [0.15, 0.2) is 10.6 Å². The maximum atomic E-state index is 14.0. The zero-order valence-electron chi connectivity index (χ0n) is 23.3. The molecule has 3 fully saturated rings. The summed E-state index contributed by atoms with van der Waals surface area (Å²) in [6, 6.07) is -2.56. The van der Waals surface area contributed by atoms with Crippen LogP contribution in [0.2, 0.25) is 0 Å². The lowest BCUT2D eigenvalue weighted by molar-refractivity contribution is -0.155. The van der Waals surface area contributed by atoms with Crippen LogP contribution in [0.25, 0.3) is 0 Å². The van der Waals surface area contributed by atoms with Crippen molar-refractivity contribution < 1.29 is 41.7 Å². The molecule has 41 heavy (non-hydrogen) atoms. The van der Waals surface area contributed by atoms with Crippen molar-refractivity contribution in [3.8, 4) is 0 Å². The van der Waals surface area contributed by atoms with Crippen LogP contribution in [0.5, 0.6) is 0 Å². The standard InChI is InChI=1S/C27H36F3N5O6/c1-26(2,3)21(33-23(38)18-11-19(41-34-18)27(28,29)30)25(40)35-12-15-6-4-8-17(15)20(35)24(39)32-16(13-36)10-14-7-5-9-31-22(14)37/h11,13-17,20-21H,4-10,12H2,1-3H3,(H,31,37)(H,32,39)(H,33,38)/t14-,15-,16-,17-,20-,21+/m0/s1. The lowest BCUT2D eigenvalue weighted by atomic mass is 9.85. The number of fused-ring (bicyclic) bond motifs is 1. The van der Waals surface area contributed by atoms with E-state index >= 15 is 0 Å². The Morgan fingerprint density at radius 1 is 1.17 bits per heavy atom. The van der Waals surface area contributed by atoms with E-state index in [1.54, 1.807) is 20.8 Å².